The van der Waals surface area contributed by atoms with Gasteiger partial charge in [0, 0.05) is 34.9 Å². The first kappa shape index (κ1) is 22.8. The van der Waals surface area contributed by atoms with Gasteiger partial charge in [-0.1, -0.05) is 19.9 Å². The Morgan fingerprint density at radius 2 is 1.91 bits per heavy atom. The molecule has 0 saturated carbocycles. The zero-order valence-corrected chi connectivity index (χ0v) is 18.2. The highest BCUT2D eigenvalue weighted by Crippen LogP contribution is 2.51. The second kappa shape index (κ2) is 7.62. The van der Waals surface area contributed by atoms with E-state index < -0.39 is 32.8 Å². The van der Waals surface area contributed by atoms with Gasteiger partial charge >= 0.3 is 15.6 Å². The van der Waals surface area contributed by atoms with Gasteiger partial charge in [-0.25, -0.2) is 9.83 Å². The number of alkyl halides is 3. The Kier molecular flexibility index (Phi) is 5.28. The number of hydrogen-bond donors (Lipinski definition) is 0. The molecule has 0 radical (unpaired) electrons. The van der Waals surface area contributed by atoms with Crippen molar-refractivity contribution in [2.24, 2.45) is 11.8 Å². The van der Waals surface area contributed by atoms with Gasteiger partial charge in [-0.3, -0.25) is 4.98 Å². The smallest absolute Gasteiger partial charge is 0.355 e. The van der Waals surface area contributed by atoms with Crippen LogP contribution in [0.25, 0.3) is 16.2 Å². The molecule has 0 unspecified atom stereocenters. The molecule has 0 N–H and O–H groups in total. The van der Waals surface area contributed by atoms with Crippen LogP contribution in [0.2, 0.25) is 0 Å². The summed E-state index contributed by atoms with van der Waals surface area (Å²) >= 11 is 0. The molecule has 12 heteroatoms. The maximum Gasteiger partial charge on any atom is 0.534 e. The minimum absolute atomic E-state index is 0.0623. The average molecular weight is 478 g/mol. The SMILES string of the molecule is [C-]#[N+]C1=C[C@@]2(C)c3nc(-c4ccncc4)nc(OS(=O)(=O)C(F)(F)F)c3CC[C@@H]2[C@@H](C)C1=O. The Morgan fingerprint density at radius 1 is 1.24 bits per heavy atom. The highest BCUT2D eigenvalue weighted by molar-refractivity contribution is 7.87. The quantitative estimate of drug-likeness (QED) is 0.377. The lowest BCUT2D eigenvalue weighted by Crippen LogP contribution is -2.46. The van der Waals surface area contributed by atoms with E-state index in [0.717, 1.165) is 0 Å². The summed E-state index contributed by atoms with van der Waals surface area (Å²) in [4.78, 5) is 28.3. The lowest BCUT2D eigenvalue weighted by molar-refractivity contribution is -0.121. The molecule has 0 fully saturated rings. The third kappa shape index (κ3) is 3.66. The van der Waals surface area contributed by atoms with E-state index in [2.05, 4.69) is 24.0 Å². The van der Waals surface area contributed by atoms with Crippen LogP contribution in [-0.4, -0.2) is 34.7 Å². The van der Waals surface area contributed by atoms with Gasteiger partial charge in [-0.15, -0.1) is 0 Å². The van der Waals surface area contributed by atoms with E-state index in [1.165, 1.54) is 30.6 Å². The second-order valence-electron chi connectivity index (χ2n) is 8.12. The maximum absolute atomic E-state index is 13.1. The molecule has 8 nitrogen and oxygen atoms in total. The highest BCUT2D eigenvalue weighted by Gasteiger charge is 2.52. The van der Waals surface area contributed by atoms with Crippen LogP contribution in [0.15, 0.2) is 36.3 Å². The highest BCUT2D eigenvalue weighted by atomic mass is 32.2. The summed E-state index contributed by atoms with van der Waals surface area (Å²) in [5.41, 5.74) is -6.06. The first-order valence-electron chi connectivity index (χ1n) is 9.86. The topological polar surface area (TPSA) is 103 Å². The number of pyridine rings is 1. The molecule has 3 atom stereocenters. The van der Waals surface area contributed by atoms with Gasteiger partial charge in [-0.05, 0) is 30.9 Å². The van der Waals surface area contributed by atoms with E-state index in [-0.39, 0.29) is 40.9 Å². The molecule has 2 heterocycles. The molecular weight excluding hydrogens is 461 g/mol. The minimum Gasteiger partial charge on any atom is -0.355 e. The van der Waals surface area contributed by atoms with Crippen LogP contribution >= 0.6 is 0 Å². The summed E-state index contributed by atoms with van der Waals surface area (Å²) in [6, 6.07) is 3.03. The summed E-state index contributed by atoms with van der Waals surface area (Å²) in [5, 5.41) is 0. The lowest BCUT2D eigenvalue weighted by Gasteiger charge is -2.45. The molecular formula is C21H17F3N4O4S. The molecule has 172 valence electrons. The fraction of sp³-hybridized carbons (Fsp3) is 0.381. The number of ketones is 1. The van der Waals surface area contributed by atoms with Crippen molar-refractivity contribution in [2.75, 3.05) is 0 Å². The van der Waals surface area contributed by atoms with E-state index in [1.807, 2.05) is 0 Å². The number of hydrogen-bond acceptors (Lipinski definition) is 7. The fourth-order valence-corrected chi connectivity index (χ4v) is 5.00. The normalized spacial score (nSPS) is 24.8. The number of fused-ring (bicyclic) bond motifs is 3. The largest absolute Gasteiger partial charge is 0.534 e. The Morgan fingerprint density at radius 3 is 2.52 bits per heavy atom. The molecule has 2 aliphatic rings. The summed E-state index contributed by atoms with van der Waals surface area (Å²) in [6.45, 7) is 10.8. The summed E-state index contributed by atoms with van der Waals surface area (Å²) in [5.74, 6) is -1.91. The Balaban J connectivity index is 1.99. The number of Topliss-reactive ketones (excluding diaryl/α,β-unsaturated/α-hetero) is 1. The Bertz CT molecular complexity index is 1320. The van der Waals surface area contributed by atoms with Crippen LogP contribution < -0.4 is 4.18 Å². The Hall–Kier alpha value is -3.33. The molecule has 2 aromatic rings. The van der Waals surface area contributed by atoms with Crippen LogP contribution in [0.4, 0.5) is 13.2 Å². The van der Waals surface area contributed by atoms with Gasteiger partial charge in [0.25, 0.3) is 0 Å². The van der Waals surface area contributed by atoms with Gasteiger partial charge in [0.05, 0.1) is 12.3 Å². The van der Waals surface area contributed by atoms with Gasteiger partial charge in [0.2, 0.25) is 11.6 Å². The molecule has 0 amide bonds. The number of allylic oxidation sites excluding steroid dienone is 2. The first-order chi connectivity index (χ1) is 15.4. The average Bonchev–Trinajstić information content (AvgIpc) is 2.76. The molecule has 2 aliphatic carbocycles. The van der Waals surface area contributed by atoms with Gasteiger partial charge < -0.3 is 8.98 Å². The van der Waals surface area contributed by atoms with E-state index in [9.17, 15) is 26.4 Å². The number of nitrogens with zero attached hydrogens (tertiary/aromatic N) is 4. The zero-order chi connectivity index (χ0) is 24.2. The standard InChI is InChI=1S/C21H17F3N4O4S/c1-11-14-5-4-13-17(20(14,2)10-15(25-3)16(11)29)27-18(12-6-8-26-9-7-12)28-19(13)32-33(30,31)21(22,23)24/h6-11,14H,4-5H2,1-2H3/t11-,14-,20-/m1/s1. The van der Waals surface area contributed by atoms with Crippen molar-refractivity contribution < 1.29 is 30.6 Å². The van der Waals surface area contributed by atoms with Crippen LogP contribution in [0.5, 0.6) is 5.88 Å². The van der Waals surface area contributed by atoms with Gasteiger partial charge in [0.1, 0.15) is 0 Å². The molecule has 4 rings (SSSR count). The lowest BCUT2D eigenvalue weighted by atomic mass is 9.58. The van der Waals surface area contributed by atoms with Crippen molar-refractivity contribution in [1.82, 2.24) is 15.0 Å². The van der Waals surface area contributed by atoms with Crippen LogP contribution in [0.3, 0.4) is 0 Å². The predicted molar refractivity (Wildman–Crippen MR) is 109 cm³/mol. The van der Waals surface area contributed by atoms with Crippen molar-refractivity contribution in [3.63, 3.8) is 0 Å². The minimum atomic E-state index is -5.99. The van der Waals surface area contributed by atoms with E-state index >= 15 is 0 Å². The van der Waals surface area contributed by atoms with Crippen LogP contribution in [0, 0.1) is 18.4 Å². The zero-order valence-electron chi connectivity index (χ0n) is 17.4. The molecule has 0 spiro atoms. The van der Waals surface area contributed by atoms with Crippen LogP contribution in [-0.2, 0) is 26.7 Å². The van der Waals surface area contributed by atoms with Crippen LogP contribution in [0.1, 0.15) is 31.5 Å². The molecule has 0 saturated heterocycles. The summed E-state index contributed by atoms with van der Waals surface area (Å²) < 4.78 is 67.3. The number of carbonyl (C=O) groups is 1. The Labute approximate surface area is 187 Å². The number of carbonyl (C=O) groups excluding carboxylic acids is 1. The monoisotopic (exact) mass is 478 g/mol. The molecule has 0 aromatic carbocycles. The van der Waals surface area contributed by atoms with E-state index in [1.54, 1.807) is 13.8 Å². The predicted octanol–water partition coefficient (Wildman–Crippen LogP) is 3.61. The summed E-state index contributed by atoms with van der Waals surface area (Å²) in [6.07, 6.45) is 4.77. The number of rotatable bonds is 3. The molecule has 33 heavy (non-hydrogen) atoms. The van der Waals surface area contributed by atoms with Crippen molar-refractivity contribution >= 4 is 15.9 Å². The van der Waals surface area contributed by atoms with Crippen molar-refractivity contribution in [1.29, 1.82) is 0 Å². The van der Waals surface area contributed by atoms with Crippen molar-refractivity contribution in [3.05, 3.63) is 59.0 Å². The molecule has 0 aliphatic heterocycles. The number of aromatic nitrogens is 3. The second-order valence-corrected chi connectivity index (χ2v) is 9.66. The molecule has 2 aromatic heterocycles. The van der Waals surface area contributed by atoms with E-state index in [0.29, 0.717) is 12.0 Å². The maximum atomic E-state index is 13.1. The third-order valence-corrected chi connectivity index (χ3v) is 7.14. The van der Waals surface area contributed by atoms with Crippen molar-refractivity contribution in [3.8, 4) is 17.3 Å². The van der Waals surface area contributed by atoms with Gasteiger partial charge in [0.15, 0.2) is 11.6 Å². The first-order valence-corrected chi connectivity index (χ1v) is 11.3. The van der Waals surface area contributed by atoms with Gasteiger partial charge in [-0.2, -0.15) is 26.6 Å². The molecule has 0 bridgehead atoms. The van der Waals surface area contributed by atoms with Crippen molar-refractivity contribution in [2.45, 2.75) is 37.6 Å². The van der Waals surface area contributed by atoms with E-state index in [4.69, 9.17) is 6.57 Å². The fourth-order valence-electron chi connectivity index (χ4n) is 4.56. The number of halogens is 3. The summed E-state index contributed by atoms with van der Waals surface area (Å²) in [7, 11) is -5.99. The third-order valence-electron chi connectivity index (χ3n) is 6.19.